The molecule has 5 rings (SSSR count). The van der Waals surface area contributed by atoms with E-state index in [1.165, 1.54) is 0 Å². The molecule has 1 aliphatic rings. The molecule has 0 atom stereocenters. The molecule has 3 aromatic heterocycles. The van der Waals surface area contributed by atoms with Gasteiger partial charge in [-0.15, -0.1) is 0 Å². The summed E-state index contributed by atoms with van der Waals surface area (Å²) >= 11 is 0. The molecule has 4 aromatic rings. The first-order valence-electron chi connectivity index (χ1n) is 12.9. The topological polar surface area (TPSA) is 99.2 Å². The van der Waals surface area contributed by atoms with Gasteiger partial charge in [0.2, 0.25) is 5.95 Å². The van der Waals surface area contributed by atoms with Crippen LogP contribution in [0.25, 0.3) is 11.3 Å². The molecule has 1 fully saturated rings. The van der Waals surface area contributed by atoms with Crippen LogP contribution in [0.2, 0.25) is 0 Å². The predicted octanol–water partition coefficient (Wildman–Crippen LogP) is 4.38. The number of benzene rings is 1. The maximum absolute atomic E-state index is 13.1. The molecule has 194 valence electrons. The van der Waals surface area contributed by atoms with E-state index in [1.807, 2.05) is 43.3 Å². The summed E-state index contributed by atoms with van der Waals surface area (Å²) in [7, 11) is 0. The van der Waals surface area contributed by atoms with E-state index in [9.17, 15) is 4.79 Å². The van der Waals surface area contributed by atoms with Crippen LogP contribution in [0.3, 0.4) is 0 Å². The van der Waals surface area contributed by atoms with Gasteiger partial charge in [-0.3, -0.25) is 19.7 Å². The number of piperazine rings is 1. The van der Waals surface area contributed by atoms with Crippen LogP contribution in [0.5, 0.6) is 0 Å². The van der Waals surface area contributed by atoms with E-state index in [4.69, 9.17) is 4.98 Å². The van der Waals surface area contributed by atoms with Crippen LogP contribution >= 0.6 is 0 Å². The minimum Gasteiger partial charge on any atom is -0.322 e. The smallest absolute Gasteiger partial charge is 0.255 e. The van der Waals surface area contributed by atoms with E-state index < -0.39 is 0 Å². The Morgan fingerprint density at radius 1 is 0.921 bits per heavy atom. The molecule has 9 nitrogen and oxygen atoms in total. The van der Waals surface area contributed by atoms with E-state index >= 15 is 0 Å². The number of hydrogen-bond donors (Lipinski definition) is 2. The quantitative estimate of drug-likeness (QED) is 0.362. The van der Waals surface area contributed by atoms with Crippen molar-refractivity contribution in [3.63, 3.8) is 0 Å². The van der Waals surface area contributed by atoms with Crippen molar-refractivity contribution in [1.82, 2.24) is 29.7 Å². The molecule has 0 saturated carbocycles. The van der Waals surface area contributed by atoms with Crippen molar-refractivity contribution in [2.75, 3.05) is 43.4 Å². The van der Waals surface area contributed by atoms with Gasteiger partial charge in [0.15, 0.2) is 0 Å². The number of carbonyl (C=O) groups is 1. The fraction of sp³-hybridized carbons (Fsp3) is 0.276. The minimum absolute atomic E-state index is 0.172. The molecule has 1 aliphatic heterocycles. The summed E-state index contributed by atoms with van der Waals surface area (Å²) < 4.78 is 0. The highest BCUT2D eigenvalue weighted by Crippen LogP contribution is 2.31. The van der Waals surface area contributed by atoms with Crippen molar-refractivity contribution in [3.05, 3.63) is 90.1 Å². The number of likely N-dealkylation sites (N-methyl/N-ethyl adjacent to an activating group) is 1. The zero-order valence-corrected chi connectivity index (χ0v) is 21.8. The van der Waals surface area contributed by atoms with Gasteiger partial charge in [-0.25, -0.2) is 9.97 Å². The number of nitrogens with zero attached hydrogens (tertiary/aromatic N) is 6. The van der Waals surface area contributed by atoms with Gasteiger partial charge in [-0.2, -0.15) is 0 Å². The molecule has 2 N–H and O–H groups in total. The predicted molar refractivity (Wildman–Crippen MR) is 149 cm³/mol. The van der Waals surface area contributed by atoms with Gasteiger partial charge in [0.05, 0.1) is 29.0 Å². The Kier molecular flexibility index (Phi) is 7.96. The lowest BCUT2D eigenvalue weighted by Crippen LogP contribution is -2.45. The second-order valence-electron chi connectivity index (χ2n) is 9.27. The first-order valence-corrected chi connectivity index (χ1v) is 12.9. The van der Waals surface area contributed by atoms with Gasteiger partial charge in [-0.05, 0) is 43.8 Å². The molecular formula is C29H32N8O. The monoisotopic (exact) mass is 508 g/mol. The summed E-state index contributed by atoms with van der Waals surface area (Å²) in [6, 6.07) is 14.9. The van der Waals surface area contributed by atoms with Gasteiger partial charge >= 0.3 is 0 Å². The molecular weight excluding hydrogens is 476 g/mol. The average Bonchev–Trinajstić information content (AvgIpc) is 2.97. The summed E-state index contributed by atoms with van der Waals surface area (Å²) in [5.74, 6) is 0.286. The molecule has 38 heavy (non-hydrogen) atoms. The standard InChI is InChI=1S/C29H32N8O/c1-3-36-14-16-37(17-15-36)20-24-26(33-28(38)22-8-5-4-6-9-22)19-32-21(2)27(24)35-29-31-13-11-25(34-29)23-10-7-12-30-18-23/h4-13,18-19H,3,14-17,20H2,1-2H3,(H,33,38)(H,31,34,35). The maximum Gasteiger partial charge on any atom is 0.255 e. The minimum atomic E-state index is -0.172. The number of anilines is 3. The van der Waals surface area contributed by atoms with Crippen molar-refractivity contribution in [3.8, 4) is 11.3 Å². The molecule has 4 heterocycles. The Morgan fingerprint density at radius 2 is 1.71 bits per heavy atom. The van der Waals surface area contributed by atoms with Crippen molar-refractivity contribution in [1.29, 1.82) is 0 Å². The van der Waals surface area contributed by atoms with E-state index in [1.54, 1.807) is 36.9 Å². The second-order valence-corrected chi connectivity index (χ2v) is 9.27. The second kappa shape index (κ2) is 11.9. The lowest BCUT2D eigenvalue weighted by molar-refractivity contribution is 0.102. The van der Waals surface area contributed by atoms with Crippen molar-refractivity contribution < 1.29 is 4.79 Å². The summed E-state index contributed by atoms with van der Waals surface area (Å²) in [6.45, 7) is 9.81. The summed E-state index contributed by atoms with van der Waals surface area (Å²) in [6.07, 6.45) is 6.98. The Hall–Kier alpha value is -4.21. The summed E-state index contributed by atoms with van der Waals surface area (Å²) in [4.78, 5) is 36.0. The highest BCUT2D eigenvalue weighted by molar-refractivity contribution is 6.05. The third kappa shape index (κ3) is 6.01. The van der Waals surface area contributed by atoms with Crippen LogP contribution in [0, 0.1) is 6.92 Å². The number of amides is 1. The Morgan fingerprint density at radius 3 is 2.45 bits per heavy atom. The van der Waals surface area contributed by atoms with Crippen LogP contribution in [0.15, 0.2) is 73.3 Å². The third-order valence-corrected chi connectivity index (χ3v) is 6.80. The highest BCUT2D eigenvalue weighted by atomic mass is 16.1. The van der Waals surface area contributed by atoms with E-state index in [2.05, 4.69) is 42.3 Å². The maximum atomic E-state index is 13.1. The number of hydrogen-bond acceptors (Lipinski definition) is 8. The number of aryl methyl sites for hydroxylation is 1. The molecule has 9 heteroatoms. The number of rotatable bonds is 8. The Labute approximate surface area is 223 Å². The van der Waals surface area contributed by atoms with E-state index in [-0.39, 0.29) is 5.91 Å². The number of nitrogens with one attached hydrogen (secondary N) is 2. The largest absolute Gasteiger partial charge is 0.322 e. The molecule has 0 spiro atoms. The molecule has 1 aromatic carbocycles. The molecule has 1 saturated heterocycles. The molecule has 0 aliphatic carbocycles. The average molecular weight is 509 g/mol. The number of pyridine rings is 2. The van der Waals surface area contributed by atoms with Gasteiger partial charge in [0.1, 0.15) is 0 Å². The van der Waals surface area contributed by atoms with Crippen molar-refractivity contribution in [2.45, 2.75) is 20.4 Å². The Balaban J connectivity index is 1.48. The van der Waals surface area contributed by atoms with Gasteiger partial charge in [0, 0.05) is 68.0 Å². The van der Waals surface area contributed by atoms with Crippen molar-refractivity contribution >= 4 is 23.2 Å². The van der Waals surface area contributed by atoms with Crippen LogP contribution in [0.4, 0.5) is 17.3 Å². The van der Waals surface area contributed by atoms with Crippen LogP contribution in [-0.4, -0.2) is 68.4 Å². The Bertz CT molecular complexity index is 1370. The van der Waals surface area contributed by atoms with Crippen LogP contribution in [0.1, 0.15) is 28.5 Å². The van der Waals surface area contributed by atoms with Crippen LogP contribution < -0.4 is 10.6 Å². The molecule has 0 radical (unpaired) electrons. The third-order valence-electron chi connectivity index (χ3n) is 6.80. The lowest BCUT2D eigenvalue weighted by Gasteiger charge is -2.34. The first-order chi connectivity index (χ1) is 18.6. The number of aromatic nitrogens is 4. The molecule has 0 bridgehead atoms. The van der Waals surface area contributed by atoms with Gasteiger partial charge in [-0.1, -0.05) is 25.1 Å². The zero-order valence-electron chi connectivity index (χ0n) is 21.8. The van der Waals surface area contributed by atoms with E-state index in [0.717, 1.165) is 60.9 Å². The van der Waals surface area contributed by atoms with Gasteiger partial charge in [0.25, 0.3) is 5.91 Å². The first kappa shape index (κ1) is 25.4. The zero-order chi connectivity index (χ0) is 26.3. The fourth-order valence-corrected chi connectivity index (χ4v) is 4.57. The van der Waals surface area contributed by atoms with E-state index in [0.29, 0.717) is 23.7 Å². The van der Waals surface area contributed by atoms with Gasteiger partial charge < -0.3 is 15.5 Å². The molecule has 0 unspecified atom stereocenters. The van der Waals surface area contributed by atoms with Crippen molar-refractivity contribution in [2.24, 2.45) is 0 Å². The molecule has 1 amide bonds. The number of carbonyl (C=O) groups excluding carboxylic acids is 1. The summed E-state index contributed by atoms with van der Waals surface area (Å²) in [5.41, 5.74) is 5.52. The SMILES string of the molecule is CCN1CCN(Cc2c(NC(=O)c3ccccc3)cnc(C)c2Nc2nccc(-c3cccnc3)n2)CC1. The summed E-state index contributed by atoms with van der Waals surface area (Å²) in [5, 5.41) is 6.52. The normalized spacial score (nSPS) is 14.3. The highest BCUT2D eigenvalue weighted by Gasteiger charge is 2.22. The lowest BCUT2D eigenvalue weighted by atomic mass is 10.1. The fourth-order valence-electron chi connectivity index (χ4n) is 4.57. The van der Waals surface area contributed by atoms with Crippen LogP contribution in [-0.2, 0) is 6.54 Å².